The second kappa shape index (κ2) is 7.49. The van der Waals surface area contributed by atoms with Gasteiger partial charge < -0.3 is 4.74 Å². The van der Waals surface area contributed by atoms with Crippen molar-refractivity contribution in [1.82, 2.24) is 0 Å². The Morgan fingerprint density at radius 3 is 2.23 bits per heavy atom. The second-order valence-corrected chi connectivity index (χ2v) is 5.15. The number of carbonyl (C=O) groups is 2. The van der Waals surface area contributed by atoms with Crippen molar-refractivity contribution in [3.63, 3.8) is 0 Å². The van der Waals surface area contributed by atoms with E-state index in [-0.39, 0.29) is 11.5 Å². The lowest BCUT2D eigenvalue weighted by Crippen LogP contribution is -2.37. The van der Waals surface area contributed by atoms with Crippen LogP contribution in [-0.4, -0.2) is 29.4 Å². The van der Waals surface area contributed by atoms with Gasteiger partial charge in [-0.2, -0.15) is 13.2 Å². The Labute approximate surface area is 131 Å². The molecule has 0 aromatic heterocycles. The van der Waals surface area contributed by atoms with Gasteiger partial charge in [-0.3, -0.25) is 9.59 Å². The van der Waals surface area contributed by atoms with Crippen molar-refractivity contribution in [2.45, 2.75) is 26.4 Å². The zero-order chi connectivity index (χ0) is 16.9. The fourth-order valence-electron chi connectivity index (χ4n) is 1.77. The molecule has 1 aromatic rings. The van der Waals surface area contributed by atoms with Crippen molar-refractivity contribution in [2.24, 2.45) is 5.92 Å². The minimum Gasteiger partial charge on any atom is -0.465 e. The number of thiocarbonyl (C=S) groups is 1. The molecule has 0 fully saturated rings. The maximum absolute atomic E-state index is 12.6. The van der Waals surface area contributed by atoms with Crippen molar-refractivity contribution in [3.05, 3.63) is 35.4 Å². The first-order chi connectivity index (χ1) is 10.2. The van der Waals surface area contributed by atoms with Gasteiger partial charge in [-0.15, -0.1) is 0 Å². The molecule has 1 atom stereocenters. The van der Waals surface area contributed by atoms with Crippen molar-refractivity contribution >= 4 is 28.8 Å². The molecule has 1 rings (SSSR count). The number of hydrogen-bond donors (Lipinski definition) is 0. The maximum Gasteiger partial charge on any atom is 0.450 e. The van der Waals surface area contributed by atoms with Crippen LogP contribution in [0.3, 0.4) is 0 Å². The Kier molecular flexibility index (Phi) is 6.22. The summed E-state index contributed by atoms with van der Waals surface area (Å²) in [4.78, 5) is 23.2. The molecule has 0 amide bonds. The van der Waals surface area contributed by atoms with Crippen molar-refractivity contribution in [1.29, 1.82) is 0 Å². The molecular weight excluding hydrogens is 317 g/mol. The second-order valence-electron chi connectivity index (χ2n) is 4.66. The Bertz CT molecular complexity index is 564. The lowest BCUT2D eigenvalue weighted by molar-refractivity contribution is -0.180. The van der Waals surface area contributed by atoms with E-state index in [2.05, 4.69) is 4.74 Å². The van der Waals surface area contributed by atoms with Crippen LogP contribution in [0.2, 0.25) is 0 Å². The fraction of sp³-hybridized carbons (Fsp3) is 0.400. The van der Waals surface area contributed by atoms with Crippen LogP contribution in [0.25, 0.3) is 0 Å². The molecule has 1 aromatic carbocycles. The molecule has 0 radical (unpaired) electrons. The van der Waals surface area contributed by atoms with E-state index < -0.39 is 30.3 Å². The summed E-state index contributed by atoms with van der Waals surface area (Å²) in [6.07, 6.45) is -5.62. The van der Waals surface area contributed by atoms with Crippen LogP contribution in [0.1, 0.15) is 24.5 Å². The highest BCUT2D eigenvalue weighted by atomic mass is 32.1. The van der Waals surface area contributed by atoms with Crippen LogP contribution in [0, 0.1) is 12.8 Å². The van der Waals surface area contributed by atoms with Gasteiger partial charge in [-0.25, -0.2) is 0 Å². The molecule has 0 aliphatic carbocycles. The average Bonchev–Trinajstić information content (AvgIpc) is 2.43. The van der Waals surface area contributed by atoms with Crippen LogP contribution < -0.4 is 0 Å². The minimum atomic E-state index is -5.11. The third kappa shape index (κ3) is 4.91. The minimum absolute atomic E-state index is 0.107. The largest absolute Gasteiger partial charge is 0.465 e. The maximum atomic E-state index is 12.6. The molecular formula is C15H15F3O3S. The first kappa shape index (κ1) is 18.3. The molecule has 0 aliphatic rings. The van der Waals surface area contributed by atoms with Crippen LogP contribution in [0.4, 0.5) is 13.2 Å². The standard InChI is InChI=1S/C15H15F3O3S/c1-3-21-14(20)11(13(19)15(16,17)18)8-12(22)10-6-4-9(2)5-7-10/h4-7,11H,3,8H2,1-2H3. The van der Waals surface area contributed by atoms with Gasteiger partial charge in [0.1, 0.15) is 5.92 Å². The van der Waals surface area contributed by atoms with Gasteiger partial charge in [-0.05, 0) is 19.4 Å². The van der Waals surface area contributed by atoms with Crippen LogP contribution in [-0.2, 0) is 14.3 Å². The lowest BCUT2D eigenvalue weighted by atomic mass is 9.94. The van der Waals surface area contributed by atoms with E-state index in [0.29, 0.717) is 5.56 Å². The summed E-state index contributed by atoms with van der Waals surface area (Å²) in [7, 11) is 0. The summed E-state index contributed by atoms with van der Waals surface area (Å²) in [5.74, 6) is -5.31. The van der Waals surface area contributed by atoms with Crippen molar-refractivity contribution < 1.29 is 27.5 Å². The number of ketones is 1. The molecule has 0 heterocycles. The van der Waals surface area contributed by atoms with Gasteiger partial charge in [0.2, 0.25) is 0 Å². The number of carbonyl (C=O) groups excluding carboxylic acids is 2. The van der Waals surface area contributed by atoms with E-state index in [4.69, 9.17) is 12.2 Å². The smallest absolute Gasteiger partial charge is 0.450 e. The number of halogens is 3. The van der Waals surface area contributed by atoms with Gasteiger partial charge in [0.25, 0.3) is 5.78 Å². The van der Waals surface area contributed by atoms with Gasteiger partial charge in [0.15, 0.2) is 0 Å². The van der Waals surface area contributed by atoms with Crippen LogP contribution in [0.15, 0.2) is 24.3 Å². The molecule has 0 aliphatic heterocycles. The highest BCUT2D eigenvalue weighted by molar-refractivity contribution is 7.80. The number of benzene rings is 1. The summed E-state index contributed by atoms with van der Waals surface area (Å²) in [5.41, 5.74) is 1.46. The number of rotatable bonds is 6. The Morgan fingerprint density at radius 2 is 1.77 bits per heavy atom. The fourth-order valence-corrected chi connectivity index (χ4v) is 2.07. The molecule has 3 nitrogen and oxygen atoms in total. The zero-order valence-corrected chi connectivity index (χ0v) is 12.9. The summed E-state index contributed by atoms with van der Waals surface area (Å²) in [6.45, 7) is 3.19. The molecule has 1 unspecified atom stereocenters. The van der Waals surface area contributed by atoms with Gasteiger partial charge in [0, 0.05) is 11.3 Å². The Morgan fingerprint density at radius 1 is 1.23 bits per heavy atom. The molecule has 0 N–H and O–H groups in total. The Hall–Kier alpha value is -1.76. The lowest BCUT2D eigenvalue weighted by Gasteiger charge is -2.16. The average molecular weight is 332 g/mol. The van der Waals surface area contributed by atoms with Crippen molar-refractivity contribution in [2.75, 3.05) is 6.61 Å². The number of aryl methyl sites for hydroxylation is 1. The SMILES string of the molecule is CCOC(=O)C(CC(=S)c1ccc(C)cc1)C(=O)C(F)(F)F. The van der Waals surface area contributed by atoms with Crippen molar-refractivity contribution in [3.8, 4) is 0 Å². The van der Waals surface area contributed by atoms with E-state index in [9.17, 15) is 22.8 Å². The highest BCUT2D eigenvalue weighted by Crippen LogP contribution is 2.25. The predicted molar refractivity (Wildman–Crippen MR) is 78.7 cm³/mol. The number of Topliss-reactive ketones (excluding diaryl/α,β-unsaturated/α-hetero) is 1. The molecule has 0 saturated heterocycles. The molecule has 120 valence electrons. The number of alkyl halides is 3. The summed E-state index contributed by atoms with van der Waals surface area (Å²) in [6, 6.07) is 6.76. The highest BCUT2D eigenvalue weighted by Gasteiger charge is 2.47. The summed E-state index contributed by atoms with van der Waals surface area (Å²) in [5, 5.41) is 0. The van der Waals surface area contributed by atoms with E-state index in [1.54, 1.807) is 24.3 Å². The Balaban J connectivity index is 2.97. The molecule has 0 bridgehead atoms. The number of esters is 1. The van der Waals surface area contributed by atoms with E-state index >= 15 is 0 Å². The molecule has 0 spiro atoms. The number of ether oxygens (including phenoxy) is 1. The topological polar surface area (TPSA) is 43.4 Å². The van der Waals surface area contributed by atoms with Gasteiger partial charge in [0.05, 0.1) is 6.61 Å². The van der Waals surface area contributed by atoms with E-state index in [1.165, 1.54) is 6.92 Å². The van der Waals surface area contributed by atoms with Gasteiger partial charge in [-0.1, -0.05) is 42.0 Å². The van der Waals surface area contributed by atoms with E-state index in [1.807, 2.05) is 6.92 Å². The summed E-state index contributed by atoms with van der Waals surface area (Å²) >= 11 is 5.06. The third-order valence-corrected chi connectivity index (χ3v) is 3.33. The molecule has 22 heavy (non-hydrogen) atoms. The summed E-state index contributed by atoms with van der Waals surface area (Å²) < 4.78 is 42.4. The first-order valence-corrected chi connectivity index (χ1v) is 6.95. The molecule has 0 saturated carbocycles. The van der Waals surface area contributed by atoms with Gasteiger partial charge >= 0.3 is 12.1 Å². The quantitative estimate of drug-likeness (QED) is 0.346. The molecule has 7 heteroatoms. The normalized spacial score (nSPS) is 12.6. The first-order valence-electron chi connectivity index (χ1n) is 6.54. The number of hydrogen-bond acceptors (Lipinski definition) is 4. The monoisotopic (exact) mass is 332 g/mol. The van der Waals surface area contributed by atoms with Crippen LogP contribution >= 0.6 is 12.2 Å². The van der Waals surface area contributed by atoms with E-state index in [0.717, 1.165) is 5.56 Å². The third-order valence-electron chi connectivity index (χ3n) is 2.93. The van der Waals surface area contributed by atoms with Crippen LogP contribution in [0.5, 0.6) is 0 Å². The predicted octanol–water partition coefficient (Wildman–Crippen LogP) is 3.41. The zero-order valence-electron chi connectivity index (χ0n) is 12.1.